The Bertz CT molecular complexity index is 259. The first kappa shape index (κ1) is 19.7. The highest BCUT2D eigenvalue weighted by molar-refractivity contribution is 4.93. The van der Waals surface area contributed by atoms with Gasteiger partial charge in [0, 0.05) is 0 Å². The Hall–Kier alpha value is -0.300. The normalized spacial score (nSPS) is 20.8. The van der Waals surface area contributed by atoms with Gasteiger partial charge in [-0.15, -0.1) is 0 Å². The topological polar surface area (TPSA) is 12.5 Å². The van der Waals surface area contributed by atoms with Crippen LogP contribution in [0.2, 0.25) is 0 Å². The monoisotopic (exact) mass is 308 g/mol. The van der Waals surface area contributed by atoms with E-state index in [0.29, 0.717) is 12.2 Å². The van der Waals surface area contributed by atoms with Gasteiger partial charge in [0.2, 0.25) is 0 Å². The van der Waals surface area contributed by atoms with Crippen LogP contribution in [0.15, 0.2) is 12.2 Å². The van der Waals surface area contributed by atoms with Crippen molar-refractivity contribution in [3.05, 3.63) is 12.2 Å². The molecule has 1 heteroatoms. The molecule has 130 valence electrons. The minimum absolute atomic E-state index is 0.552. The molecule has 1 nitrogen and oxygen atoms in total. The summed E-state index contributed by atoms with van der Waals surface area (Å²) in [6.45, 7) is 4.55. The van der Waals surface area contributed by atoms with Gasteiger partial charge in [-0.25, -0.2) is 0 Å². The fourth-order valence-electron chi connectivity index (χ4n) is 3.16. The van der Waals surface area contributed by atoms with Crippen molar-refractivity contribution >= 4 is 0 Å². The lowest BCUT2D eigenvalue weighted by atomic mass is 10.1. The Kier molecular flexibility index (Phi) is 12.8. The number of rotatable bonds is 16. The number of allylic oxidation sites excluding steroid dienone is 1. The van der Waals surface area contributed by atoms with Crippen LogP contribution in [0.1, 0.15) is 110 Å². The van der Waals surface area contributed by atoms with Crippen LogP contribution in [0.3, 0.4) is 0 Å². The first-order valence-corrected chi connectivity index (χ1v) is 10.2. The molecule has 0 aromatic carbocycles. The van der Waals surface area contributed by atoms with Crippen LogP contribution in [0.4, 0.5) is 0 Å². The molecule has 0 N–H and O–H groups in total. The molecule has 1 saturated heterocycles. The van der Waals surface area contributed by atoms with Crippen LogP contribution < -0.4 is 0 Å². The quantitative estimate of drug-likeness (QED) is 0.167. The van der Waals surface area contributed by atoms with Crippen molar-refractivity contribution in [2.24, 2.45) is 0 Å². The van der Waals surface area contributed by atoms with E-state index in [1.54, 1.807) is 0 Å². The SMILES string of the molecule is CCCCCCCCCCC/C=C\C[C@H]1O[C@@H]1CCCCC. The summed E-state index contributed by atoms with van der Waals surface area (Å²) >= 11 is 0. The molecular formula is C21H40O. The second-order valence-electron chi connectivity index (χ2n) is 7.03. The van der Waals surface area contributed by atoms with Gasteiger partial charge in [0.1, 0.15) is 0 Å². The van der Waals surface area contributed by atoms with E-state index in [9.17, 15) is 0 Å². The fraction of sp³-hybridized carbons (Fsp3) is 0.905. The van der Waals surface area contributed by atoms with E-state index < -0.39 is 0 Å². The van der Waals surface area contributed by atoms with Crippen molar-refractivity contribution in [2.75, 3.05) is 0 Å². The molecule has 22 heavy (non-hydrogen) atoms. The molecule has 1 aliphatic rings. The first-order valence-electron chi connectivity index (χ1n) is 10.2. The van der Waals surface area contributed by atoms with Crippen LogP contribution in [0.5, 0.6) is 0 Å². The van der Waals surface area contributed by atoms with E-state index in [1.807, 2.05) is 0 Å². The fourth-order valence-corrected chi connectivity index (χ4v) is 3.16. The lowest BCUT2D eigenvalue weighted by molar-refractivity contribution is 0.359. The molecule has 0 spiro atoms. The van der Waals surface area contributed by atoms with Gasteiger partial charge in [0.05, 0.1) is 12.2 Å². The second kappa shape index (κ2) is 14.3. The van der Waals surface area contributed by atoms with Crippen LogP contribution in [0.25, 0.3) is 0 Å². The molecular weight excluding hydrogens is 268 g/mol. The number of hydrogen-bond acceptors (Lipinski definition) is 1. The minimum atomic E-state index is 0.552. The molecule has 2 atom stereocenters. The van der Waals surface area contributed by atoms with Gasteiger partial charge in [-0.1, -0.05) is 96.6 Å². The number of epoxide rings is 1. The van der Waals surface area contributed by atoms with Gasteiger partial charge in [0.15, 0.2) is 0 Å². The average Bonchev–Trinajstić information content (AvgIpc) is 3.27. The third kappa shape index (κ3) is 11.3. The van der Waals surface area contributed by atoms with Crippen molar-refractivity contribution in [2.45, 2.75) is 122 Å². The van der Waals surface area contributed by atoms with E-state index in [0.717, 1.165) is 6.42 Å². The van der Waals surface area contributed by atoms with Crippen molar-refractivity contribution < 1.29 is 4.74 Å². The average molecular weight is 309 g/mol. The van der Waals surface area contributed by atoms with Crippen molar-refractivity contribution in [3.8, 4) is 0 Å². The van der Waals surface area contributed by atoms with Gasteiger partial charge in [0.25, 0.3) is 0 Å². The summed E-state index contributed by atoms with van der Waals surface area (Å²) < 4.78 is 5.71. The molecule has 0 unspecified atom stereocenters. The summed E-state index contributed by atoms with van der Waals surface area (Å²) in [7, 11) is 0. The minimum Gasteiger partial charge on any atom is -0.369 e. The molecule has 1 heterocycles. The maximum Gasteiger partial charge on any atom is 0.0876 e. The van der Waals surface area contributed by atoms with Crippen molar-refractivity contribution in [1.29, 1.82) is 0 Å². The Morgan fingerprint density at radius 2 is 1.23 bits per heavy atom. The maximum absolute atomic E-state index is 5.71. The second-order valence-corrected chi connectivity index (χ2v) is 7.03. The van der Waals surface area contributed by atoms with Crippen LogP contribution in [-0.2, 0) is 4.74 Å². The summed E-state index contributed by atoms with van der Waals surface area (Å²) in [6, 6.07) is 0. The number of hydrogen-bond donors (Lipinski definition) is 0. The van der Waals surface area contributed by atoms with Gasteiger partial charge >= 0.3 is 0 Å². The number of unbranched alkanes of at least 4 members (excludes halogenated alkanes) is 11. The molecule has 1 rings (SSSR count). The smallest absolute Gasteiger partial charge is 0.0876 e. The van der Waals surface area contributed by atoms with E-state index in [-0.39, 0.29) is 0 Å². The van der Waals surface area contributed by atoms with Gasteiger partial charge in [-0.3, -0.25) is 0 Å². The number of ether oxygens (including phenoxy) is 1. The molecule has 0 amide bonds. The zero-order valence-electron chi connectivity index (χ0n) is 15.3. The highest BCUT2D eigenvalue weighted by atomic mass is 16.6. The Morgan fingerprint density at radius 3 is 1.91 bits per heavy atom. The summed E-state index contributed by atoms with van der Waals surface area (Å²) in [5.41, 5.74) is 0. The van der Waals surface area contributed by atoms with Gasteiger partial charge in [-0.05, 0) is 25.7 Å². The summed E-state index contributed by atoms with van der Waals surface area (Å²) in [5, 5.41) is 0. The lowest BCUT2D eigenvalue weighted by Crippen LogP contribution is -1.92. The predicted octanol–water partition coefficient (Wildman–Crippen LogP) is 7.20. The molecule has 0 saturated carbocycles. The van der Waals surface area contributed by atoms with Crippen LogP contribution in [-0.4, -0.2) is 12.2 Å². The first-order chi connectivity index (χ1) is 10.9. The summed E-state index contributed by atoms with van der Waals surface area (Å²) in [4.78, 5) is 0. The highest BCUT2D eigenvalue weighted by Gasteiger charge is 2.36. The molecule has 0 bridgehead atoms. The Morgan fingerprint density at radius 1 is 0.636 bits per heavy atom. The lowest BCUT2D eigenvalue weighted by Gasteiger charge is -2.00. The van der Waals surface area contributed by atoms with Crippen molar-refractivity contribution in [3.63, 3.8) is 0 Å². The van der Waals surface area contributed by atoms with Crippen molar-refractivity contribution in [1.82, 2.24) is 0 Å². The van der Waals surface area contributed by atoms with Gasteiger partial charge < -0.3 is 4.74 Å². The van der Waals surface area contributed by atoms with E-state index >= 15 is 0 Å². The molecule has 0 radical (unpaired) electrons. The van der Waals surface area contributed by atoms with Gasteiger partial charge in [-0.2, -0.15) is 0 Å². The third-order valence-electron chi connectivity index (χ3n) is 4.79. The predicted molar refractivity (Wildman–Crippen MR) is 98.4 cm³/mol. The van der Waals surface area contributed by atoms with E-state index in [1.165, 1.54) is 89.9 Å². The maximum atomic E-state index is 5.71. The zero-order chi connectivity index (χ0) is 15.9. The Labute approximate surface area is 139 Å². The van der Waals surface area contributed by atoms with E-state index in [2.05, 4.69) is 26.0 Å². The molecule has 0 aromatic rings. The zero-order valence-corrected chi connectivity index (χ0v) is 15.3. The molecule has 0 aliphatic carbocycles. The van der Waals surface area contributed by atoms with Crippen LogP contribution >= 0.6 is 0 Å². The van der Waals surface area contributed by atoms with E-state index in [4.69, 9.17) is 4.74 Å². The van der Waals surface area contributed by atoms with Crippen LogP contribution in [0, 0.1) is 0 Å². The highest BCUT2D eigenvalue weighted by Crippen LogP contribution is 2.30. The molecule has 0 aromatic heterocycles. The Balaban J connectivity index is 1.76. The largest absolute Gasteiger partial charge is 0.369 e. The summed E-state index contributed by atoms with van der Waals surface area (Å²) in [5.74, 6) is 0. The third-order valence-corrected chi connectivity index (χ3v) is 4.79. The standard InChI is InChI=1S/C21H40O/c1-3-5-7-8-9-10-11-12-13-14-15-17-19-21-20(22-21)18-16-6-4-2/h15,17,20-21H,3-14,16,18-19H2,1-2H3/b17-15-/t20-,21-/m1/s1. The molecule has 1 aliphatic heterocycles. The molecule has 1 fully saturated rings. The summed E-state index contributed by atoms with van der Waals surface area (Å²) in [6.07, 6.45) is 26.4.